The average molecular weight is 493 g/mol. The Morgan fingerprint density at radius 3 is 1.88 bits per heavy atom. The molecule has 0 spiro atoms. The lowest BCUT2D eigenvalue weighted by atomic mass is 9.99. The first kappa shape index (κ1) is 25.3. The van der Waals surface area contributed by atoms with Crippen molar-refractivity contribution in [3.63, 3.8) is 0 Å². The molecular weight excluding hydrogens is 486 g/mol. The summed E-state index contributed by atoms with van der Waals surface area (Å²) in [6.45, 7) is 0. The highest BCUT2D eigenvalue weighted by atomic mass is 19.4. The van der Waals surface area contributed by atoms with Crippen LogP contribution in [0.15, 0.2) is 24.3 Å². The lowest BCUT2D eigenvalue weighted by molar-refractivity contribution is -0.367. The third-order valence-electron chi connectivity index (χ3n) is 3.86. The van der Waals surface area contributed by atoms with E-state index in [4.69, 9.17) is 0 Å². The molecule has 0 aliphatic carbocycles. The minimum absolute atomic E-state index is 0.337. The van der Waals surface area contributed by atoms with E-state index in [-0.39, 0.29) is 0 Å². The van der Waals surface area contributed by atoms with Crippen molar-refractivity contribution in [2.24, 2.45) is 0 Å². The molecule has 1 saturated heterocycles. The highest BCUT2D eigenvalue weighted by Gasteiger charge is 2.96. The van der Waals surface area contributed by atoms with Crippen LogP contribution in [0.2, 0.25) is 0 Å². The molecule has 0 radical (unpaired) electrons. The summed E-state index contributed by atoms with van der Waals surface area (Å²) in [5.41, 5.74) is -0.401. The van der Waals surface area contributed by atoms with Crippen LogP contribution in [-0.2, 0) is 15.7 Å². The minimum atomic E-state index is -6.93. The summed E-state index contributed by atoms with van der Waals surface area (Å²) in [6, 6.07) is 0.732. The molecule has 1 aromatic carbocycles. The Hall–Kier alpha value is -2.92. The van der Waals surface area contributed by atoms with Crippen LogP contribution in [0.25, 0.3) is 0 Å². The average Bonchev–Trinajstić information content (AvgIpc) is 2.73. The summed E-state index contributed by atoms with van der Waals surface area (Å²) in [5, 5.41) is 1.56. The predicted octanol–water partition coefficient (Wildman–Crippen LogP) is 4.05. The van der Waals surface area contributed by atoms with E-state index in [1.165, 1.54) is 0 Å². The molecule has 1 atom stereocenters. The topological polar surface area (TPSA) is 79.5 Å². The molecule has 2 rings (SSSR count). The molecule has 6 nitrogen and oxygen atoms in total. The Bertz CT molecular complexity index is 920. The Kier molecular flexibility index (Phi) is 5.79. The van der Waals surface area contributed by atoms with Crippen LogP contribution in [0.5, 0.6) is 0 Å². The number of benzene rings is 1. The first-order valence-corrected chi connectivity index (χ1v) is 7.66. The Morgan fingerprint density at radius 2 is 1.41 bits per heavy atom. The fraction of sp³-hybridized carbons (Fsp3) is 0.429. The van der Waals surface area contributed by atoms with Gasteiger partial charge in [-0.1, -0.05) is 6.07 Å². The first-order chi connectivity index (χ1) is 14.2. The summed E-state index contributed by atoms with van der Waals surface area (Å²) in [4.78, 5) is 22.8. The van der Waals surface area contributed by atoms with Crippen LogP contribution in [0.3, 0.4) is 0 Å². The Balaban J connectivity index is 2.13. The van der Waals surface area contributed by atoms with Gasteiger partial charge in [0.1, 0.15) is 0 Å². The molecule has 3 amide bonds. The highest BCUT2D eigenvalue weighted by Crippen LogP contribution is 2.64. The fourth-order valence-electron chi connectivity index (χ4n) is 2.22. The van der Waals surface area contributed by atoms with E-state index in [0.29, 0.717) is 17.6 Å². The van der Waals surface area contributed by atoms with Gasteiger partial charge in [0, 0.05) is 5.69 Å². The number of hydrazine groups is 1. The van der Waals surface area contributed by atoms with Crippen LogP contribution in [0, 0.1) is 0 Å². The molecule has 1 fully saturated rings. The fourth-order valence-corrected chi connectivity index (χ4v) is 2.22. The molecule has 18 heteroatoms. The molecule has 1 aliphatic rings. The van der Waals surface area contributed by atoms with Crippen molar-refractivity contribution in [1.29, 1.82) is 0 Å². The number of hydrogen-bond donors (Lipinski definition) is 3. The quantitative estimate of drug-likeness (QED) is 0.439. The van der Waals surface area contributed by atoms with E-state index < -0.39 is 59.1 Å². The normalized spacial score (nSPS) is 24.0. The molecule has 32 heavy (non-hydrogen) atoms. The third-order valence-corrected chi connectivity index (χ3v) is 3.86. The summed E-state index contributed by atoms with van der Waals surface area (Å²) in [7, 11) is 0. The molecule has 180 valence electrons. The molecule has 3 N–H and O–H groups in total. The van der Waals surface area contributed by atoms with E-state index in [2.05, 4.69) is 4.74 Å². The molecule has 1 aromatic rings. The maximum Gasteiger partial charge on any atom is 0.428 e. The number of rotatable bonds is 3. The van der Waals surface area contributed by atoms with Gasteiger partial charge in [0.2, 0.25) is 0 Å². The van der Waals surface area contributed by atoms with Crippen molar-refractivity contribution >= 4 is 17.6 Å². The highest BCUT2D eigenvalue weighted by molar-refractivity contribution is 5.92. The number of carbonyl (C=O) groups excluding carboxylic acids is 2. The van der Waals surface area contributed by atoms with Crippen molar-refractivity contribution in [2.75, 3.05) is 5.32 Å². The summed E-state index contributed by atoms with van der Waals surface area (Å²) < 4.78 is 160. The van der Waals surface area contributed by atoms with E-state index in [1.54, 1.807) is 5.32 Å². The van der Waals surface area contributed by atoms with E-state index in [1.807, 2.05) is 0 Å². The van der Waals surface area contributed by atoms with Gasteiger partial charge < -0.3 is 5.32 Å². The molecule has 0 aromatic heterocycles. The summed E-state index contributed by atoms with van der Waals surface area (Å²) >= 11 is 0. The first-order valence-electron chi connectivity index (χ1n) is 7.66. The van der Waals surface area contributed by atoms with Gasteiger partial charge in [0.25, 0.3) is 0 Å². The number of urea groups is 1. The second-order valence-corrected chi connectivity index (χ2v) is 6.05. The predicted molar refractivity (Wildman–Crippen MR) is 76.5 cm³/mol. The second-order valence-electron chi connectivity index (χ2n) is 6.05. The zero-order valence-electron chi connectivity index (χ0n) is 14.6. The number of nitrogens with one attached hydrogen (secondary N) is 3. The Labute approximate surface area is 167 Å². The second kappa shape index (κ2) is 7.31. The van der Waals surface area contributed by atoms with Crippen LogP contribution in [0.1, 0.15) is 5.56 Å². The number of hydrogen-bond acceptors (Lipinski definition) is 3. The lowest BCUT2D eigenvalue weighted by Gasteiger charge is -2.31. The van der Waals surface area contributed by atoms with Gasteiger partial charge in [-0.2, -0.15) is 52.7 Å². The largest absolute Gasteiger partial charge is 0.428 e. The van der Waals surface area contributed by atoms with Crippen molar-refractivity contribution in [3.05, 3.63) is 29.8 Å². The zero-order valence-corrected chi connectivity index (χ0v) is 14.6. The monoisotopic (exact) mass is 493 g/mol. The smallest absolute Gasteiger partial charge is 0.307 e. The number of halogens is 12. The third kappa shape index (κ3) is 3.75. The van der Waals surface area contributed by atoms with E-state index >= 15 is 0 Å². The van der Waals surface area contributed by atoms with Gasteiger partial charge in [-0.3, -0.25) is 15.0 Å². The van der Waals surface area contributed by atoms with Crippen molar-refractivity contribution in [2.45, 2.75) is 35.9 Å². The molecular formula is C14H7F12N3O3. The van der Waals surface area contributed by atoms with Gasteiger partial charge in [0.05, 0.1) is 5.56 Å². The SMILES string of the molecule is O=C(NNC(=O)C(F)(F)C1(F)OC(F)(F)C(F)(F)C1(F)F)Nc1cccc(C(F)(F)F)c1. The number of anilines is 1. The molecule has 1 heterocycles. The maximum absolute atomic E-state index is 14.0. The van der Waals surface area contributed by atoms with Crippen molar-refractivity contribution in [3.8, 4) is 0 Å². The van der Waals surface area contributed by atoms with Crippen LogP contribution in [-0.4, -0.2) is 41.7 Å². The summed E-state index contributed by atoms with van der Waals surface area (Å²) in [5.74, 6) is -30.1. The standard InChI is InChI=1S/C14H7F12N3O3/c15-9(16,13(24)11(20,21)12(22,23)14(25,26)32-13)7(30)28-29-8(31)27-6-3-1-2-5(4-6)10(17,18)19/h1-4H,(H,28,30)(H2,27,29,31). The number of alkyl halides is 12. The van der Waals surface area contributed by atoms with E-state index in [0.717, 1.165) is 17.6 Å². The van der Waals surface area contributed by atoms with Gasteiger partial charge in [-0.15, -0.1) is 0 Å². The van der Waals surface area contributed by atoms with Crippen molar-refractivity contribution < 1.29 is 67.0 Å². The molecule has 0 saturated carbocycles. The number of ether oxygens (including phenoxy) is 1. The zero-order chi connectivity index (χ0) is 25.0. The Morgan fingerprint density at radius 1 is 0.844 bits per heavy atom. The van der Waals surface area contributed by atoms with Crippen LogP contribution >= 0.6 is 0 Å². The van der Waals surface area contributed by atoms with Crippen LogP contribution < -0.4 is 16.2 Å². The molecule has 1 unspecified atom stereocenters. The number of amides is 3. The molecule has 1 aliphatic heterocycles. The van der Waals surface area contributed by atoms with E-state index in [9.17, 15) is 62.3 Å². The van der Waals surface area contributed by atoms with Gasteiger partial charge >= 0.3 is 47.8 Å². The lowest BCUT2D eigenvalue weighted by Crippen LogP contribution is -2.66. The van der Waals surface area contributed by atoms with Gasteiger partial charge in [-0.25, -0.2) is 10.2 Å². The van der Waals surface area contributed by atoms with Crippen molar-refractivity contribution in [1.82, 2.24) is 10.9 Å². The van der Waals surface area contributed by atoms with Gasteiger partial charge in [0.15, 0.2) is 0 Å². The molecule has 0 bridgehead atoms. The van der Waals surface area contributed by atoms with Crippen LogP contribution in [0.4, 0.5) is 63.2 Å². The maximum atomic E-state index is 14.0. The summed E-state index contributed by atoms with van der Waals surface area (Å²) in [6.07, 6.45) is -11.3. The minimum Gasteiger partial charge on any atom is -0.307 e. The number of carbonyl (C=O) groups is 2. The van der Waals surface area contributed by atoms with Gasteiger partial charge in [-0.05, 0) is 18.2 Å².